The number of rotatable bonds is 5. The number of benzene rings is 1. The van der Waals surface area contributed by atoms with Crippen molar-refractivity contribution in [3.8, 4) is 0 Å². The number of para-hydroxylation sites is 1. The smallest absolute Gasteiger partial charge is 0.279 e. The molecule has 1 aromatic carbocycles. The summed E-state index contributed by atoms with van der Waals surface area (Å²) in [6, 6.07) is 6.12. The maximum atomic E-state index is 12.4. The summed E-state index contributed by atoms with van der Waals surface area (Å²) in [5.41, 5.74) is 3.24. The summed E-state index contributed by atoms with van der Waals surface area (Å²) < 4.78 is 5.87. The Morgan fingerprint density at radius 2 is 1.80 bits per heavy atom. The predicted molar refractivity (Wildman–Crippen MR) is 99.3 cm³/mol. The molecule has 5 heteroatoms. The molecule has 0 bridgehead atoms. The SMILES string of the molecule is Cc1cccc(C)c1NC(=O)C[NH+]1CC[NH+](C[C@@H]2CCCCO2)CC1. The van der Waals surface area contributed by atoms with Crippen LogP contribution in [0, 0.1) is 13.8 Å². The van der Waals surface area contributed by atoms with E-state index in [-0.39, 0.29) is 5.91 Å². The Balaban J connectivity index is 1.41. The van der Waals surface area contributed by atoms with Crippen LogP contribution in [0.4, 0.5) is 5.69 Å². The fourth-order valence-electron chi connectivity index (χ4n) is 4.05. The molecule has 0 radical (unpaired) electrons. The van der Waals surface area contributed by atoms with Crippen LogP contribution in [0.15, 0.2) is 18.2 Å². The first-order valence-corrected chi connectivity index (χ1v) is 9.76. The summed E-state index contributed by atoms with van der Waals surface area (Å²) in [6.45, 7) is 11.2. The van der Waals surface area contributed by atoms with Gasteiger partial charge in [0.2, 0.25) is 0 Å². The van der Waals surface area contributed by atoms with E-state index < -0.39 is 0 Å². The van der Waals surface area contributed by atoms with Crippen molar-refractivity contribution in [3.05, 3.63) is 29.3 Å². The highest BCUT2D eigenvalue weighted by Gasteiger charge is 2.28. The molecule has 5 nitrogen and oxygen atoms in total. The van der Waals surface area contributed by atoms with E-state index in [4.69, 9.17) is 4.74 Å². The summed E-state index contributed by atoms with van der Waals surface area (Å²) in [5.74, 6) is 0.131. The molecule has 0 unspecified atom stereocenters. The third-order valence-electron chi connectivity index (χ3n) is 5.61. The first-order chi connectivity index (χ1) is 12.1. The fraction of sp³-hybridized carbons (Fsp3) is 0.650. The van der Waals surface area contributed by atoms with E-state index in [1.165, 1.54) is 24.2 Å². The molecule has 2 aliphatic heterocycles. The van der Waals surface area contributed by atoms with Gasteiger partial charge in [-0.1, -0.05) is 18.2 Å². The monoisotopic (exact) mass is 347 g/mol. The van der Waals surface area contributed by atoms with Crippen molar-refractivity contribution in [2.45, 2.75) is 39.2 Å². The molecule has 0 saturated carbocycles. The zero-order valence-corrected chi connectivity index (χ0v) is 15.7. The van der Waals surface area contributed by atoms with Crippen molar-refractivity contribution in [2.75, 3.05) is 51.2 Å². The Bertz CT molecular complexity index is 556. The van der Waals surface area contributed by atoms with Crippen molar-refractivity contribution >= 4 is 11.6 Å². The number of quaternary nitrogens is 2. The van der Waals surface area contributed by atoms with Crippen LogP contribution in [0.3, 0.4) is 0 Å². The zero-order chi connectivity index (χ0) is 17.6. The van der Waals surface area contributed by atoms with Crippen LogP contribution in [0.2, 0.25) is 0 Å². The zero-order valence-electron chi connectivity index (χ0n) is 15.7. The lowest BCUT2D eigenvalue weighted by atomic mass is 10.1. The Kier molecular flexibility index (Phi) is 6.45. The lowest BCUT2D eigenvalue weighted by Crippen LogP contribution is -3.28. The van der Waals surface area contributed by atoms with Crippen LogP contribution in [0.1, 0.15) is 30.4 Å². The maximum Gasteiger partial charge on any atom is 0.279 e. The van der Waals surface area contributed by atoms with Gasteiger partial charge < -0.3 is 19.9 Å². The van der Waals surface area contributed by atoms with Crippen molar-refractivity contribution < 1.29 is 19.3 Å². The van der Waals surface area contributed by atoms with Crippen LogP contribution in [0.25, 0.3) is 0 Å². The van der Waals surface area contributed by atoms with Crippen molar-refractivity contribution in [2.24, 2.45) is 0 Å². The lowest BCUT2D eigenvalue weighted by Gasteiger charge is -2.32. The van der Waals surface area contributed by atoms with E-state index in [1.807, 2.05) is 32.0 Å². The Hall–Kier alpha value is -1.43. The summed E-state index contributed by atoms with van der Waals surface area (Å²) in [6.07, 6.45) is 4.21. The van der Waals surface area contributed by atoms with Gasteiger partial charge in [0.05, 0.1) is 0 Å². The van der Waals surface area contributed by atoms with Crippen LogP contribution < -0.4 is 15.1 Å². The van der Waals surface area contributed by atoms with Crippen LogP contribution in [-0.4, -0.2) is 57.9 Å². The quantitative estimate of drug-likeness (QED) is 0.679. The highest BCUT2D eigenvalue weighted by molar-refractivity contribution is 5.93. The summed E-state index contributed by atoms with van der Waals surface area (Å²) in [4.78, 5) is 15.5. The number of amides is 1. The van der Waals surface area contributed by atoms with Gasteiger partial charge in [-0.25, -0.2) is 0 Å². The molecule has 0 aliphatic carbocycles. The first-order valence-electron chi connectivity index (χ1n) is 9.76. The number of hydrogen-bond donors (Lipinski definition) is 3. The number of aryl methyl sites for hydroxylation is 2. The van der Waals surface area contributed by atoms with Crippen LogP contribution >= 0.6 is 0 Å². The predicted octanol–water partition coefficient (Wildman–Crippen LogP) is -0.406. The molecule has 1 atom stereocenters. The standard InChI is InChI=1S/C20H31N3O2/c1-16-6-5-7-17(2)20(16)21-19(24)15-23-11-9-22(10-12-23)14-18-8-3-4-13-25-18/h5-7,18H,3-4,8-15H2,1-2H3,(H,21,24)/p+2/t18-/m0/s1. The van der Waals surface area contributed by atoms with Gasteiger partial charge in [-0.3, -0.25) is 4.79 Å². The average Bonchev–Trinajstić information content (AvgIpc) is 2.61. The molecule has 2 heterocycles. The second-order valence-corrected chi connectivity index (χ2v) is 7.68. The highest BCUT2D eigenvalue weighted by atomic mass is 16.5. The van der Waals surface area contributed by atoms with E-state index in [2.05, 4.69) is 5.32 Å². The highest BCUT2D eigenvalue weighted by Crippen LogP contribution is 2.18. The Morgan fingerprint density at radius 3 is 2.44 bits per heavy atom. The van der Waals surface area contributed by atoms with Gasteiger partial charge in [0.25, 0.3) is 5.91 Å². The van der Waals surface area contributed by atoms with Gasteiger partial charge in [0.15, 0.2) is 6.54 Å². The number of hydrogen-bond acceptors (Lipinski definition) is 2. The summed E-state index contributed by atoms with van der Waals surface area (Å²) in [5, 5.41) is 3.12. The molecule has 3 N–H and O–H groups in total. The molecule has 25 heavy (non-hydrogen) atoms. The number of carbonyl (C=O) groups is 1. The average molecular weight is 348 g/mol. The minimum Gasteiger partial charge on any atom is -0.372 e. The maximum absolute atomic E-state index is 12.4. The molecule has 2 fully saturated rings. The van der Waals surface area contributed by atoms with E-state index in [1.54, 1.807) is 4.90 Å². The van der Waals surface area contributed by atoms with Crippen LogP contribution in [0.5, 0.6) is 0 Å². The van der Waals surface area contributed by atoms with Gasteiger partial charge >= 0.3 is 0 Å². The van der Waals surface area contributed by atoms with E-state index in [0.29, 0.717) is 12.6 Å². The Morgan fingerprint density at radius 1 is 1.12 bits per heavy atom. The third kappa shape index (κ3) is 5.27. The molecule has 1 aromatic rings. The number of anilines is 1. The molecule has 3 rings (SSSR count). The number of nitrogens with one attached hydrogen (secondary N) is 3. The third-order valence-corrected chi connectivity index (χ3v) is 5.61. The summed E-state index contributed by atoms with van der Waals surface area (Å²) >= 11 is 0. The Labute approximate surface area is 151 Å². The van der Waals surface area contributed by atoms with E-state index in [9.17, 15) is 4.79 Å². The van der Waals surface area contributed by atoms with Crippen molar-refractivity contribution in [3.63, 3.8) is 0 Å². The van der Waals surface area contributed by atoms with Crippen molar-refractivity contribution in [1.29, 1.82) is 0 Å². The fourth-order valence-corrected chi connectivity index (χ4v) is 4.05. The van der Waals surface area contributed by atoms with Gasteiger partial charge in [-0.2, -0.15) is 0 Å². The van der Waals surface area contributed by atoms with Gasteiger partial charge in [-0.15, -0.1) is 0 Å². The number of ether oxygens (including phenoxy) is 1. The summed E-state index contributed by atoms with van der Waals surface area (Å²) in [7, 11) is 0. The van der Waals surface area contributed by atoms with Crippen molar-refractivity contribution in [1.82, 2.24) is 0 Å². The molecular formula is C20H33N3O2+2. The second kappa shape index (κ2) is 8.79. The van der Waals surface area contributed by atoms with Gasteiger partial charge in [0, 0.05) is 12.3 Å². The molecule has 138 valence electrons. The first kappa shape index (κ1) is 18.4. The minimum atomic E-state index is 0.131. The van der Waals surface area contributed by atoms with Gasteiger partial charge in [-0.05, 0) is 44.2 Å². The molecule has 1 amide bonds. The van der Waals surface area contributed by atoms with E-state index >= 15 is 0 Å². The molecular weight excluding hydrogens is 314 g/mol. The molecule has 0 aromatic heterocycles. The normalized spacial score (nSPS) is 27.0. The lowest BCUT2D eigenvalue weighted by molar-refractivity contribution is -1.01. The number of carbonyl (C=O) groups excluding carboxylic acids is 1. The molecule has 2 saturated heterocycles. The topological polar surface area (TPSA) is 47.2 Å². The largest absolute Gasteiger partial charge is 0.372 e. The minimum absolute atomic E-state index is 0.131. The van der Waals surface area contributed by atoms with Gasteiger partial charge in [0.1, 0.15) is 38.8 Å². The number of piperazine rings is 1. The molecule has 2 aliphatic rings. The molecule has 0 spiro atoms. The second-order valence-electron chi connectivity index (χ2n) is 7.68. The van der Waals surface area contributed by atoms with E-state index in [0.717, 1.165) is 56.1 Å². The van der Waals surface area contributed by atoms with Crippen LogP contribution in [-0.2, 0) is 9.53 Å².